The van der Waals surface area contributed by atoms with Gasteiger partial charge < -0.3 is 19.5 Å². The molecule has 1 heterocycles. The number of amides is 1. The van der Waals surface area contributed by atoms with Crippen LogP contribution in [-0.2, 0) is 25.6 Å². The highest BCUT2D eigenvalue weighted by Crippen LogP contribution is 2.28. The number of nitrogens with zero attached hydrogens (tertiary/aromatic N) is 1. The average Bonchev–Trinajstić information content (AvgIpc) is 2.56. The van der Waals surface area contributed by atoms with Gasteiger partial charge >= 0.3 is 5.97 Å². The molecule has 0 aliphatic carbocycles. The van der Waals surface area contributed by atoms with Crippen LogP contribution in [0.1, 0.15) is 30.9 Å². The summed E-state index contributed by atoms with van der Waals surface area (Å²) in [5, 5.41) is 9.44. The molecule has 23 heavy (non-hydrogen) atoms. The monoisotopic (exact) mass is 321 g/mol. The van der Waals surface area contributed by atoms with Crippen LogP contribution in [0.2, 0.25) is 0 Å². The zero-order valence-corrected chi connectivity index (χ0v) is 13.5. The second-order valence-electron chi connectivity index (χ2n) is 5.52. The van der Waals surface area contributed by atoms with Gasteiger partial charge in [-0.2, -0.15) is 0 Å². The van der Waals surface area contributed by atoms with E-state index in [1.807, 2.05) is 31.2 Å². The highest BCUT2D eigenvalue weighted by atomic mass is 16.5. The maximum Gasteiger partial charge on any atom is 0.312 e. The Hall–Kier alpha value is -1.92. The molecule has 1 N–H and O–H groups in total. The molecule has 1 aromatic carbocycles. The van der Waals surface area contributed by atoms with Gasteiger partial charge in [0.1, 0.15) is 6.10 Å². The van der Waals surface area contributed by atoms with E-state index in [1.165, 1.54) is 0 Å². The molecule has 126 valence electrons. The lowest BCUT2D eigenvalue weighted by atomic mass is 9.89. The van der Waals surface area contributed by atoms with Crippen molar-refractivity contribution >= 4 is 11.9 Å². The van der Waals surface area contributed by atoms with E-state index in [9.17, 15) is 14.7 Å². The topological polar surface area (TPSA) is 76.1 Å². The Morgan fingerprint density at radius 3 is 2.78 bits per heavy atom. The van der Waals surface area contributed by atoms with E-state index in [1.54, 1.807) is 11.8 Å². The van der Waals surface area contributed by atoms with Gasteiger partial charge in [0.25, 0.3) is 5.91 Å². The van der Waals surface area contributed by atoms with Crippen molar-refractivity contribution in [2.75, 3.05) is 26.4 Å². The number of rotatable bonds is 7. The van der Waals surface area contributed by atoms with Crippen LogP contribution in [0, 0.1) is 0 Å². The maximum atomic E-state index is 12.5. The SMILES string of the molecule is CCOCCOC(C)C(=O)N1Cc2ccccc2C(C(=O)O)C1. The zero-order valence-electron chi connectivity index (χ0n) is 13.5. The Morgan fingerprint density at radius 1 is 1.35 bits per heavy atom. The van der Waals surface area contributed by atoms with Crippen LogP contribution >= 0.6 is 0 Å². The van der Waals surface area contributed by atoms with Crippen LogP contribution in [0.4, 0.5) is 0 Å². The molecule has 1 aromatic rings. The van der Waals surface area contributed by atoms with Crippen molar-refractivity contribution in [2.45, 2.75) is 32.4 Å². The predicted octanol–water partition coefficient (Wildman–Crippen LogP) is 1.64. The van der Waals surface area contributed by atoms with Gasteiger partial charge in [-0.15, -0.1) is 0 Å². The second-order valence-corrected chi connectivity index (χ2v) is 5.52. The summed E-state index contributed by atoms with van der Waals surface area (Å²) in [5.41, 5.74) is 1.66. The van der Waals surface area contributed by atoms with E-state index in [4.69, 9.17) is 9.47 Å². The first-order valence-electron chi connectivity index (χ1n) is 7.83. The van der Waals surface area contributed by atoms with Gasteiger partial charge in [-0.1, -0.05) is 24.3 Å². The van der Waals surface area contributed by atoms with Gasteiger partial charge in [0.2, 0.25) is 0 Å². The summed E-state index contributed by atoms with van der Waals surface area (Å²) < 4.78 is 10.7. The molecule has 0 spiro atoms. The fourth-order valence-corrected chi connectivity index (χ4v) is 2.74. The Kier molecular flexibility index (Phi) is 6.12. The summed E-state index contributed by atoms with van der Waals surface area (Å²) >= 11 is 0. The highest BCUT2D eigenvalue weighted by Gasteiger charge is 2.33. The molecule has 0 fully saturated rings. The number of hydrogen-bond acceptors (Lipinski definition) is 4. The van der Waals surface area contributed by atoms with E-state index in [2.05, 4.69) is 0 Å². The molecular formula is C17H23NO5. The predicted molar refractivity (Wildman–Crippen MR) is 84.1 cm³/mol. The summed E-state index contributed by atoms with van der Waals surface area (Å²) in [6, 6.07) is 7.36. The van der Waals surface area contributed by atoms with E-state index < -0.39 is 18.0 Å². The molecule has 0 aromatic heterocycles. The quantitative estimate of drug-likeness (QED) is 0.773. The van der Waals surface area contributed by atoms with Crippen LogP contribution in [0.3, 0.4) is 0 Å². The van der Waals surface area contributed by atoms with Crippen molar-refractivity contribution < 1.29 is 24.2 Å². The number of hydrogen-bond donors (Lipinski definition) is 1. The molecule has 2 atom stereocenters. The smallest absolute Gasteiger partial charge is 0.312 e. The molecule has 0 bridgehead atoms. The molecule has 2 rings (SSSR count). The number of fused-ring (bicyclic) bond motifs is 1. The van der Waals surface area contributed by atoms with Crippen LogP contribution in [0.5, 0.6) is 0 Å². The van der Waals surface area contributed by atoms with Crippen molar-refractivity contribution in [3.8, 4) is 0 Å². The van der Waals surface area contributed by atoms with Gasteiger partial charge in [-0.25, -0.2) is 0 Å². The fraction of sp³-hybridized carbons (Fsp3) is 0.529. The first kappa shape index (κ1) is 17.4. The lowest BCUT2D eigenvalue weighted by molar-refractivity contribution is -0.147. The van der Waals surface area contributed by atoms with Crippen LogP contribution in [0.15, 0.2) is 24.3 Å². The molecular weight excluding hydrogens is 298 g/mol. The highest BCUT2D eigenvalue weighted by molar-refractivity contribution is 5.83. The Balaban J connectivity index is 2.03. The zero-order chi connectivity index (χ0) is 16.8. The summed E-state index contributed by atoms with van der Waals surface area (Å²) in [6.07, 6.45) is -0.616. The van der Waals surface area contributed by atoms with E-state index in [0.717, 1.165) is 11.1 Å². The Labute approximate surface area is 136 Å². The number of carboxylic acids is 1. The first-order valence-corrected chi connectivity index (χ1v) is 7.83. The van der Waals surface area contributed by atoms with Crippen LogP contribution < -0.4 is 0 Å². The third-order valence-electron chi connectivity index (χ3n) is 3.95. The maximum absolute atomic E-state index is 12.5. The number of carboxylic acid groups (broad SMARTS) is 1. The van der Waals surface area contributed by atoms with Gasteiger partial charge in [0.05, 0.1) is 19.1 Å². The number of carbonyl (C=O) groups excluding carboxylic acids is 1. The fourth-order valence-electron chi connectivity index (χ4n) is 2.74. The van der Waals surface area contributed by atoms with E-state index in [-0.39, 0.29) is 12.5 Å². The first-order chi connectivity index (χ1) is 11.0. The second kappa shape index (κ2) is 8.08. The van der Waals surface area contributed by atoms with Gasteiger partial charge in [-0.3, -0.25) is 9.59 Å². The molecule has 6 heteroatoms. The van der Waals surface area contributed by atoms with Crippen molar-refractivity contribution in [3.05, 3.63) is 35.4 Å². The number of aliphatic carboxylic acids is 1. The van der Waals surface area contributed by atoms with E-state index in [0.29, 0.717) is 26.4 Å². The van der Waals surface area contributed by atoms with Crippen molar-refractivity contribution in [3.63, 3.8) is 0 Å². The van der Waals surface area contributed by atoms with Crippen molar-refractivity contribution in [1.82, 2.24) is 4.90 Å². The molecule has 0 saturated carbocycles. The number of benzene rings is 1. The lowest BCUT2D eigenvalue weighted by Gasteiger charge is -2.34. The normalized spacial score (nSPS) is 18.3. The number of ether oxygens (including phenoxy) is 2. The van der Waals surface area contributed by atoms with Crippen molar-refractivity contribution in [2.24, 2.45) is 0 Å². The molecule has 0 saturated heterocycles. The molecule has 1 aliphatic heterocycles. The molecule has 2 unspecified atom stereocenters. The van der Waals surface area contributed by atoms with Crippen molar-refractivity contribution in [1.29, 1.82) is 0 Å². The molecule has 0 radical (unpaired) electrons. The third kappa shape index (κ3) is 4.30. The largest absolute Gasteiger partial charge is 0.481 e. The summed E-state index contributed by atoms with van der Waals surface area (Å²) in [4.78, 5) is 25.6. The summed E-state index contributed by atoms with van der Waals surface area (Å²) in [7, 11) is 0. The van der Waals surface area contributed by atoms with Gasteiger partial charge in [-0.05, 0) is 25.0 Å². The molecule has 6 nitrogen and oxygen atoms in total. The summed E-state index contributed by atoms with van der Waals surface area (Å²) in [5.74, 6) is -1.80. The third-order valence-corrected chi connectivity index (χ3v) is 3.95. The standard InChI is InChI=1S/C17H23NO5/c1-3-22-8-9-23-12(2)16(19)18-10-13-6-4-5-7-14(13)15(11-18)17(20)21/h4-7,12,15H,3,8-11H2,1-2H3,(H,20,21). The van der Waals surface area contributed by atoms with Crippen LogP contribution in [0.25, 0.3) is 0 Å². The van der Waals surface area contributed by atoms with Gasteiger partial charge in [0.15, 0.2) is 0 Å². The molecule has 1 amide bonds. The Morgan fingerprint density at radius 2 is 2.09 bits per heavy atom. The lowest BCUT2D eigenvalue weighted by Crippen LogP contribution is -2.45. The van der Waals surface area contributed by atoms with Crippen LogP contribution in [-0.4, -0.2) is 54.4 Å². The van der Waals surface area contributed by atoms with Gasteiger partial charge in [0, 0.05) is 19.7 Å². The average molecular weight is 321 g/mol. The Bertz CT molecular complexity index is 560. The minimum absolute atomic E-state index is 0.171. The molecule has 1 aliphatic rings. The summed E-state index contributed by atoms with van der Waals surface area (Å²) in [6.45, 7) is 5.55. The minimum Gasteiger partial charge on any atom is -0.481 e. The minimum atomic E-state index is -0.917. The van der Waals surface area contributed by atoms with E-state index >= 15 is 0 Å². The number of carbonyl (C=O) groups is 2.